The molecule has 8 atom stereocenters. The van der Waals surface area contributed by atoms with Crippen molar-refractivity contribution < 1.29 is 9.90 Å². The van der Waals surface area contributed by atoms with Crippen molar-refractivity contribution in [2.24, 2.45) is 34.5 Å². The molecule has 32 heavy (non-hydrogen) atoms. The van der Waals surface area contributed by atoms with Crippen molar-refractivity contribution in [2.75, 3.05) is 19.0 Å². The lowest BCUT2D eigenvalue weighted by Crippen LogP contribution is -2.51. The normalized spacial score (nSPS) is 43.0. The second-order valence-corrected chi connectivity index (χ2v) is 12.1. The van der Waals surface area contributed by atoms with Gasteiger partial charge in [0, 0.05) is 25.7 Å². The summed E-state index contributed by atoms with van der Waals surface area (Å²) in [6.07, 6.45) is 9.97. The first-order chi connectivity index (χ1) is 15.1. The van der Waals surface area contributed by atoms with Crippen molar-refractivity contribution in [3.8, 4) is 0 Å². The Kier molecular flexibility index (Phi) is 5.36. The first-order valence-corrected chi connectivity index (χ1v) is 12.8. The van der Waals surface area contributed by atoms with E-state index in [2.05, 4.69) is 63.2 Å². The summed E-state index contributed by atoms with van der Waals surface area (Å²) < 4.78 is 0. The van der Waals surface area contributed by atoms with Crippen LogP contribution >= 0.6 is 0 Å². The minimum atomic E-state index is -0.150. The lowest BCUT2D eigenvalue weighted by Gasteiger charge is -2.57. The Labute approximate surface area is 194 Å². The predicted molar refractivity (Wildman–Crippen MR) is 131 cm³/mol. The Morgan fingerprint density at radius 2 is 1.78 bits per heavy atom. The number of anilines is 1. The van der Waals surface area contributed by atoms with E-state index < -0.39 is 0 Å². The summed E-state index contributed by atoms with van der Waals surface area (Å²) >= 11 is 0. The number of carbonyl (C=O) groups is 1. The van der Waals surface area contributed by atoms with Crippen LogP contribution in [0.5, 0.6) is 0 Å². The van der Waals surface area contributed by atoms with Crippen LogP contribution in [0.4, 0.5) is 5.69 Å². The van der Waals surface area contributed by atoms with Gasteiger partial charge in [-0.25, -0.2) is 0 Å². The third-order valence-electron chi connectivity index (χ3n) is 10.4. The maximum absolute atomic E-state index is 13.1. The number of aliphatic hydroxyl groups is 1. The molecule has 0 bridgehead atoms. The zero-order valence-electron chi connectivity index (χ0n) is 20.6. The highest BCUT2D eigenvalue weighted by molar-refractivity contribution is 5.81. The molecule has 3 nitrogen and oxygen atoms in total. The lowest BCUT2D eigenvalue weighted by molar-refractivity contribution is -0.128. The molecule has 3 heteroatoms. The van der Waals surface area contributed by atoms with Crippen molar-refractivity contribution in [3.63, 3.8) is 0 Å². The van der Waals surface area contributed by atoms with E-state index in [0.29, 0.717) is 29.5 Å². The zero-order valence-corrected chi connectivity index (χ0v) is 20.6. The average Bonchev–Trinajstić information content (AvgIpc) is 3.07. The molecule has 3 fully saturated rings. The van der Waals surface area contributed by atoms with Gasteiger partial charge in [-0.15, -0.1) is 0 Å². The van der Waals surface area contributed by atoms with Gasteiger partial charge in [-0.2, -0.15) is 0 Å². The van der Waals surface area contributed by atoms with E-state index in [4.69, 9.17) is 0 Å². The van der Waals surface area contributed by atoms with Crippen molar-refractivity contribution in [1.82, 2.24) is 0 Å². The Morgan fingerprint density at radius 3 is 2.44 bits per heavy atom. The smallest absolute Gasteiger partial charge is 0.134 e. The summed E-state index contributed by atoms with van der Waals surface area (Å²) in [7, 11) is 4.16. The number of fused-ring (bicyclic) bond motifs is 5. The van der Waals surface area contributed by atoms with Crippen molar-refractivity contribution in [1.29, 1.82) is 0 Å². The Bertz CT molecular complexity index is 918. The molecule has 1 aromatic carbocycles. The van der Waals surface area contributed by atoms with E-state index in [1.54, 1.807) is 0 Å². The van der Waals surface area contributed by atoms with Gasteiger partial charge in [0.1, 0.15) is 5.78 Å². The Balaban J connectivity index is 1.49. The van der Waals surface area contributed by atoms with Crippen LogP contribution in [0.3, 0.4) is 0 Å². The number of hydrogen-bond donors (Lipinski definition) is 1. The first kappa shape index (κ1) is 22.2. The lowest BCUT2D eigenvalue weighted by atomic mass is 9.47. The van der Waals surface area contributed by atoms with Crippen molar-refractivity contribution in [2.45, 2.75) is 77.7 Å². The monoisotopic (exact) mass is 435 g/mol. The highest BCUT2D eigenvalue weighted by Gasteiger charge is 2.62. The van der Waals surface area contributed by atoms with Gasteiger partial charge < -0.3 is 10.0 Å². The zero-order chi connectivity index (χ0) is 22.8. The minimum Gasteiger partial charge on any atom is -0.393 e. The van der Waals surface area contributed by atoms with Gasteiger partial charge in [0.15, 0.2) is 0 Å². The molecular formula is C29H41NO2. The molecule has 5 rings (SSSR count). The van der Waals surface area contributed by atoms with E-state index in [0.717, 1.165) is 32.1 Å². The molecule has 0 radical (unpaired) electrons. The SMILES string of the molecule is CC(=O)[C@@H]1[C@H](c2ccc(N(C)C)cc2)C[C@H]2[C@@H]3CC=C4C[C@@H](O)CC[C@]4(C)[C@@H]3CC[C@]12C. The van der Waals surface area contributed by atoms with E-state index in [-0.39, 0.29) is 22.9 Å². The second-order valence-electron chi connectivity index (χ2n) is 12.1. The first-order valence-electron chi connectivity index (χ1n) is 12.8. The molecule has 4 aliphatic rings. The number of Topliss-reactive ketones (excluding diaryl/α,β-unsaturated/α-hetero) is 1. The molecule has 0 saturated heterocycles. The molecule has 1 aromatic rings. The van der Waals surface area contributed by atoms with Gasteiger partial charge in [-0.3, -0.25) is 4.79 Å². The van der Waals surface area contributed by atoms with Crippen LogP contribution in [0.1, 0.15) is 77.2 Å². The summed E-state index contributed by atoms with van der Waals surface area (Å²) in [5.41, 5.74) is 4.45. The number of nitrogens with zero attached hydrogens (tertiary/aromatic N) is 1. The van der Waals surface area contributed by atoms with Gasteiger partial charge in [-0.1, -0.05) is 37.6 Å². The topological polar surface area (TPSA) is 40.5 Å². The maximum Gasteiger partial charge on any atom is 0.134 e. The number of benzene rings is 1. The Morgan fingerprint density at radius 1 is 1.06 bits per heavy atom. The molecule has 4 aliphatic carbocycles. The summed E-state index contributed by atoms with van der Waals surface area (Å²) in [5.74, 6) is 2.83. The maximum atomic E-state index is 13.1. The Hall–Kier alpha value is -1.61. The number of allylic oxidation sites excluding steroid dienone is 1. The number of carbonyl (C=O) groups excluding carboxylic acids is 1. The second kappa shape index (κ2) is 7.72. The van der Waals surface area contributed by atoms with Gasteiger partial charge in [-0.05, 0) is 104 Å². The van der Waals surface area contributed by atoms with Crippen molar-refractivity contribution in [3.05, 3.63) is 41.5 Å². The highest BCUT2D eigenvalue weighted by Crippen LogP contribution is 2.68. The van der Waals surface area contributed by atoms with Gasteiger partial charge in [0.2, 0.25) is 0 Å². The van der Waals surface area contributed by atoms with E-state index in [1.165, 1.54) is 29.7 Å². The number of hydrogen-bond acceptors (Lipinski definition) is 3. The number of ketones is 1. The average molecular weight is 436 g/mol. The summed E-state index contributed by atoms with van der Waals surface area (Å²) in [4.78, 5) is 15.2. The fourth-order valence-electron chi connectivity index (χ4n) is 8.78. The minimum absolute atomic E-state index is 0.105. The van der Waals surface area contributed by atoms with Crippen LogP contribution < -0.4 is 4.90 Å². The van der Waals surface area contributed by atoms with Crippen LogP contribution in [0, 0.1) is 34.5 Å². The van der Waals surface area contributed by atoms with E-state index in [1.807, 2.05) is 6.92 Å². The predicted octanol–water partition coefficient (Wildman–Crippen LogP) is 5.98. The molecule has 1 N–H and O–H groups in total. The van der Waals surface area contributed by atoms with Crippen LogP contribution in [0.15, 0.2) is 35.9 Å². The third kappa shape index (κ3) is 3.22. The molecule has 0 aliphatic heterocycles. The molecule has 174 valence electrons. The van der Waals surface area contributed by atoms with Gasteiger partial charge in [0.25, 0.3) is 0 Å². The fourth-order valence-corrected chi connectivity index (χ4v) is 8.78. The molecule has 0 aromatic heterocycles. The van der Waals surface area contributed by atoms with Crippen molar-refractivity contribution >= 4 is 11.5 Å². The number of aliphatic hydroxyl groups excluding tert-OH is 1. The summed E-state index contributed by atoms with van der Waals surface area (Å²) in [6, 6.07) is 8.97. The third-order valence-corrected chi connectivity index (χ3v) is 10.4. The molecule has 0 spiro atoms. The summed E-state index contributed by atoms with van der Waals surface area (Å²) in [5, 5.41) is 10.3. The molecule has 0 amide bonds. The van der Waals surface area contributed by atoms with Crippen LogP contribution in [-0.4, -0.2) is 31.1 Å². The van der Waals surface area contributed by atoms with E-state index in [9.17, 15) is 9.90 Å². The molecule has 3 saturated carbocycles. The fraction of sp³-hybridized carbons (Fsp3) is 0.690. The van der Waals surface area contributed by atoms with Crippen LogP contribution in [-0.2, 0) is 4.79 Å². The molecular weight excluding hydrogens is 394 g/mol. The van der Waals surface area contributed by atoms with Crippen LogP contribution in [0.25, 0.3) is 0 Å². The molecule has 0 heterocycles. The van der Waals surface area contributed by atoms with Gasteiger partial charge in [0.05, 0.1) is 6.10 Å². The van der Waals surface area contributed by atoms with E-state index >= 15 is 0 Å². The largest absolute Gasteiger partial charge is 0.393 e. The van der Waals surface area contributed by atoms with Gasteiger partial charge >= 0.3 is 0 Å². The quantitative estimate of drug-likeness (QED) is 0.594. The standard InChI is InChI=1S/C29H41NO2/c1-18(31)27-24(19-6-9-21(10-7-19)30(4)5)17-26-23-11-8-20-16-22(32)12-14-28(20,2)25(23)13-15-29(26,27)3/h6-10,22-27,32H,11-17H2,1-5H3/t22-,23+,24-,25+,26-,27+,28-,29-/m0/s1. The van der Waals surface area contributed by atoms with Crippen LogP contribution in [0.2, 0.25) is 0 Å². The molecule has 0 unspecified atom stereocenters. The number of rotatable bonds is 3. The summed E-state index contributed by atoms with van der Waals surface area (Å²) in [6.45, 7) is 6.77. The highest BCUT2D eigenvalue weighted by atomic mass is 16.3.